The first-order valence-corrected chi connectivity index (χ1v) is 11.9. The quantitative estimate of drug-likeness (QED) is 0.325. The van der Waals surface area contributed by atoms with Crippen molar-refractivity contribution in [3.63, 3.8) is 0 Å². The molecule has 0 radical (unpaired) electrons. The van der Waals surface area contributed by atoms with Gasteiger partial charge < -0.3 is 20.3 Å². The highest BCUT2D eigenvalue weighted by Gasteiger charge is 2.24. The molecule has 0 bridgehead atoms. The Kier molecular flexibility index (Phi) is 6.25. The van der Waals surface area contributed by atoms with E-state index >= 15 is 0 Å². The maximum Gasteiger partial charge on any atom is 0.335 e. The van der Waals surface area contributed by atoms with Crippen molar-refractivity contribution in [1.29, 1.82) is 0 Å². The van der Waals surface area contributed by atoms with Crippen molar-refractivity contribution in [3.8, 4) is 11.4 Å². The zero-order chi connectivity index (χ0) is 25.2. The zero-order valence-electron chi connectivity index (χ0n) is 19.8. The zero-order valence-corrected chi connectivity index (χ0v) is 19.8. The second-order valence-corrected chi connectivity index (χ2v) is 9.04. The molecule has 1 aliphatic carbocycles. The Bertz CT molecular complexity index is 1450. The van der Waals surface area contributed by atoms with Crippen LogP contribution in [0.2, 0.25) is 0 Å². The van der Waals surface area contributed by atoms with E-state index in [4.69, 9.17) is 4.98 Å². The molecule has 1 aliphatic rings. The summed E-state index contributed by atoms with van der Waals surface area (Å²) in [7, 11) is 0. The fraction of sp³-hybridized carbons (Fsp3) is 0.214. The summed E-state index contributed by atoms with van der Waals surface area (Å²) >= 11 is 0. The highest BCUT2D eigenvalue weighted by atomic mass is 16.4. The first kappa shape index (κ1) is 23.3. The standard InChI is InChI=1S/C28H26N4O4/c1-17(33)29-21-11-13-22(14-12-21)30-27(34)19-8-6-18(7-9-19)26-31-24-16-20(28(35)36)10-15-25(24)32(26)23-4-2-3-5-23/h6-16,23H,2-5H2,1H3,(H,29,33)(H,30,34)(H,35,36). The van der Waals surface area contributed by atoms with Crippen molar-refractivity contribution < 1.29 is 19.5 Å². The minimum absolute atomic E-state index is 0.157. The van der Waals surface area contributed by atoms with Gasteiger partial charge in [0.05, 0.1) is 16.6 Å². The van der Waals surface area contributed by atoms with Crippen LogP contribution >= 0.6 is 0 Å². The van der Waals surface area contributed by atoms with Gasteiger partial charge in [0.2, 0.25) is 5.91 Å². The molecule has 36 heavy (non-hydrogen) atoms. The Hall–Kier alpha value is -4.46. The number of aromatic carboxylic acids is 1. The fourth-order valence-electron chi connectivity index (χ4n) is 4.78. The number of carbonyl (C=O) groups is 3. The van der Waals surface area contributed by atoms with E-state index in [1.807, 2.05) is 18.2 Å². The number of carboxylic acids is 1. The average Bonchev–Trinajstić information content (AvgIpc) is 3.52. The third-order valence-corrected chi connectivity index (χ3v) is 6.49. The average molecular weight is 483 g/mol. The first-order chi connectivity index (χ1) is 17.4. The largest absolute Gasteiger partial charge is 0.478 e. The summed E-state index contributed by atoms with van der Waals surface area (Å²) < 4.78 is 2.22. The summed E-state index contributed by atoms with van der Waals surface area (Å²) in [5, 5.41) is 15.0. The SMILES string of the molecule is CC(=O)Nc1ccc(NC(=O)c2ccc(-c3nc4cc(C(=O)O)ccc4n3C3CCCC3)cc2)cc1. The molecule has 8 heteroatoms. The van der Waals surface area contributed by atoms with Gasteiger partial charge in [-0.25, -0.2) is 9.78 Å². The molecular formula is C28H26N4O4. The van der Waals surface area contributed by atoms with Gasteiger partial charge in [-0.2, -0.15) is 0 Å². The van der Waals surface area contributed by atoms with E-state index in [0.717, 1.165) is 42.6 Å². The molecule has 3 aromatic carbocycles. The Morgan fingerprint density at radius 1 is 0.861 bits per heavy atom. The lowest BCUT2D eigenvalue weighted by atomic mass is 10.1. The molecule has 0 aliphatic heterocycles. The van der Waals surface area contributed by atoms with Crippen LogP contribution in [0.5, 0.6) is 0 Å². The van der Waals surface area contributed by atoms with Crippen molar-refractivity contribution in [1.82, 2.24) is 9.55 Å². The van der Waals surface area contributed by atoms with Gasteiger partial charge in [-0.1, -0.05) is 25.0 Å². The molecule has 8 nitrogen and oxygen atoms in total. The molecule has 5 rings (SSSR count). The summed E-state index contributed by atoms with van der Waals surface area (Å²) in [6.07, 6.45) is 4.42. The summed E-state index contributed by atoms with van der Waals surface area (Å²) in [4.78, 5) is 40.2. The second-order valence-electron chi connectivity index (χ2n) is 9.04. The predicted octanol–water partition coefficient (Wildman–Crippen LogP) is 5.73. The molecule has 0 saturated heterocycles. The number of anilines is 2. The van der Waals surface area contributed by atoms with Gasteiger partial charge in [0.25, 0.3) is 5.91 Å². The first-order valence-electron chi connectivity index (χ1n) is 11.9. The lowest BCUT2D eigenvalue weighted by Gasteiger charge is -2.17. The van der Waals surface area contributed by atoms with Crippen molar-refractivity contribution in [3.05, 3.63) is 77.9 Å². The molecule has 3 N–H and O–H groups in total. The van der Waals surface area contributed by atoms with Gasteiger partial charge in [-0.3, -0.25) is 9.59 Å². The third kappa shape index (κ3) is 4.70. The maximum atomic E-state index is 12.8. The molecule has 1 fully saturated rings. The minimum atomic E-state index is -0.978. The molecule has 4 aromatic rings. The molecule has 0 spiro atoms. The normalized spacial score (nSPS) is 13.6. The van der Waals surface area contributed by atoms with E-state index < -0.39 is 5.97 Å². The number of hydrogen-bond acceptors (Lipinski definition) is 4. The monoisotopic (exact) mass is 482 g/mol. The molecule has 1 aromatic heterocycles. The Morgan fingerprint density at radius 3 is 2.08 bits per heavy atom. The van der Waals surface area contributed by atoms with E-state index in [9.17, 15) is 19.5 Å². The van der Waals surface area contributed by atoms with Crippen LogP contribution in [0.1, 0.15) is 59.4 Å². The molecule has 0 atom stereocenters. The summed E-state index contributed by atoms with van der Waals surface area (Å²) in [6, 6.07) is 19.6. The number of carbonyl (C=O) groups excluding carboxylic acids is 2. The fourth-order valence-corrected chi connectivity index (χ4v) is 4.78. The third-order valence-electron chi connectivity index (χ3n) is 6.49. The van der Waals surface area contributed by atoms with Gasteiger partial charge in [0.1, 0.15) is 5.82 Å². The van der Waals surface area contributed by atoms with Crippen molar-refractivity contribution in [2.45, 2.75) is 38.6 Å². The molecule has 2 amide bonds. The van der Waals surface area contributed by atoms with E-state index in [-0.39, 0.29) is 17.4 Å². The van der Waals surface area contributed by atoms with Gasteiger partial charge in [0.15, 0.2) is 0 Å². The van der Waals surface area contributed by atoms with Crippen LogP contribution in [0.3, 0.4) is 0 Å². The number of benzene rings is 3. The van der Waals surface area contributed by atoms with Crippen LogP contribution in [-0.4, -0.2) is 32.4 Å². The molecule has 0 unspecified atom stereocenters. The number of aromatic nitrogens is 2. The van der Waals surface area contributed by atoms with E-state index in [2.05, 4.69) is 15.2 Å². The molecule has 1 saturated carbocycles. The number of hydrogen-bond donors (Lipinski definition) is 3. The van der Waals surface area contributed by atoms with E-state index in [1.165, 1.54) is 6.92 Å². The molecular weight excluding hydrogens is 456 g/mol. The molecule has 182 valence electrons. The minimum Gasteiger partial charge on any atom is -0.478 e. The highest BCUT2D eigenvalue weighted by molar-refractivity contribution is 6.04. The van der Waals surface area contributed by atoms with Crippen LogP contribution in [0.4, 0.5) is 11.4 Å². The van der Waals surface area contributed by atoms with E-state index in [1.54, 1.807) is 48.5 Å². The number of rotatable bonds is 6. The van der Waals surface area contributed by atoms with Gasteiger partial charge in [0, 0.05) is 35.5 Å². The number of imidazole rings is 1. The van der Waals surface area contributed by atoms with E-state index in [0.29, 0.717) is 28.5 Å². The van der Waals surface area contributed by atoms with Crippen molar-refractivity contribution >= 4 is 40.2 Å². The van der Waals surface area contributed by atoms with Crippen molar-refractivity contribution in [2.24, 2.45) is 0 Å². The topological polar surface area (TPSA) is 113 Å². The lowest BCUT2D eigenvalue weighted by Crippen LogP contribution is -2.12. The predicted molar refractivity (Wildman–Crippen MR) is 138 cm³/mol. The number of amides is 2. The van der Waals surface area contributed by atoms with Crippen LogP contribution in [-0.2, 0) is 4.79 Å². The van der Waals surface area contributed by atoms with Gasteiger partial charge in [-0.15, -0.1) is 0 Å². The summed E-state index contributed by atoms with van der Waals surface area (Å²) in [5.41, 5.74) is 4.43. The summed E-state index contributed by atoms with van der Waals surface area (Å²) in [6.45, 7) is 1.44. The molecule has 1 heterocycles. The van der Waals surface area contributed by atoms with Gasteiger partial charge >= 0.3 is 5.97 Å². The van der Waals surface area contributed by atoms with Crippen molar-refractivity contribution in [2.75, 3.05) is 10.6 Å². The van der Waals surface area contributed by atoms with Crippen LogP contribution < -0.4 is 10.6 Å². The van der Waals surface area contributed by atoms with Gasteiger partial charge in [-0.05, 0) is 67.4 Å². The maximum absolute atomic E-state index is 12.8. The Balaban J connectivity index is 1.41. The number of carboxylic acid groups (broad SMARTS) is 1. The number of nitrogens with zero attached hydrogens (tertiary/aromatic N) is 2. The highest BCUT2D eigenvalue weighted by Crippen LogP contribution is 2.37. The number of fused-ring (bicyclic) bond motifs is 1. The van der Waals surface area contributed by atoms with Crippen LogP contribution in [0.15, 0.2) is 66.7 Å². The summed E-state index contributed by atoms with van der Waals surface area (Å²) in [5.74, 6) is -0.603. The second kappa shape index (κ2) is 9.65. The smallest absolute Gasteiger partial charge is 0.335 e. The van der Waals surface area contributed by atoms with Crippen LogP contribution in [0, 0.1) is 0 Å². The lowest BCUT2D eigenvalue weighted by molar-refractivity contribution is -0.114. The Morgan fingerprint density at radius 2 is 1.47 bits per heavy atom. The van der Waals surface area contributed by atoms with Crippen LogP contribution in [0.25, 0.3) is 22.4 Å². The Labute approximate surface area is 208 Å². The number of nitrogens with one attached hydrogen (secondary N) is 2.